The number of rotatable bonds is 24. The lowest BCUT2D eigenvalue weighted by molar-refractivity contribution is -0.152. The second kappa shape index (κ2) is 24.1. The summed E-state index contributed by atoms with van der Waals surface area (Å²) in [4.78, 5) is 22.9. The van der Waals surface area contributed by atoms with E-state index in [1.165, 1.54) is 89.5 Å². The highest BCUT2D eigenvalue weighted by atomic mass is 16.5. The van der Waals surface area contributed by atoms with E-state index in [0.717, 1.165) is 25.7 Å². The number of esters is 1. The summed E-state index contributed by atoms with van der Waals surface area (Å²) in [5.41, 5.74) is 0. The van der Waals surface area contributed by atoms with Gasteiger partial charge in [0.15, 0.2) is 0 Å². The van der Waals surface area contributed by atoms with Crippen molar-refractivity contribution < 1.29 is 19.4 Å². The zero-order chi connectivity index (χ0) is 23.7. The van der Waals surface area contributed by atoms with E-state index in [9.17, 15) is 9.59 Å². The quantitative estimate of drug-likeness (QED) is 0.0910. The van der Waals surface area contributed by atoms with Gasteiger partial charge in [-0.1, -0.05) is 122 Å². The summed E-state index contributed by atoms with van der Waals surface area (Å²) in [7, 11) is 0. The Balaban J connectivity index is 3.43. The number of aliphatic carboxylic acids is 1. The molecule has 0 fully saturated rings. The van der Waals surface area contributed by atoms with E-state index in [0.29, 0.717) is 6.42 Å². The summed E-state index contributed by atoms with van der Waals surface area (Å²) in [5, 5.41) is 8.99. The van der Waals surface area contributed by atoms with Gasteiger partial charge in [-0.25, -0.2) is 0 Å². The summed E-state index contributed by atoms with van der Waals surface area (Å²) >= 11 is 0. The van der Waals surface area contributed by atoms with Crippen LogP contribution in [0.3, 0.4) is 0 Å². The van der Waals surface area contributed by atoms with Gasteiger partial charge in [-0.3, -0.25) is 9.59 Å². The van der Waals surface area contributed by atoms with Crippen molar-refractivity contribution in [3.05, 3.63) is 24.8 Å². The van der Waals surface area contributed by atoms with Crippen molar-refractivity contribution in [1.29, 1.82) is 0 Å². The van der Waals surface area contributed by atoms with E-state index < -0.39 is 17.9 Å². The smallest absolute Gasteiger partial charge is 0.309 e. The highest BCUT2D eigenvalue weighted by Gasteiger charge is 2.22. The van der Waals surface area contributed by atoms with Crippen LogP contribution in [0, 0.1) is 5.92 Å². The Labute approximate surface area is 197 Å². The molecule has 0 aromatic heterocycles. The number of hydrogen-bond acceptors (Lipinski definition) is 3. The minimum absolute atomic E-state index is 0.145. The maximum atomic E-state index is 11.9. The van der Waals surface area contributed by atoms with Crippen LogP contribution < -0.4 is 0 Å². The topological polar surface area (TPSA) is 63.6 Å². The first-order valence-corrected chi connectivity index (χ1v) is 13.3. The van der Waals surface area contributed by atoms with Crippen LogP contribution in [0.4, 0.5) is 0 Å². The van der Waals surface area contributed by atoms with Gasteiger partial charge in [0.2, 0.25) is 0 Å². The van der Waals surface area contributed by atoms with E-state index in [1.54, 1.807) is 0 Å². The lowest BCUT2D eigenvalue weighted by Gasteiger charge is -2.13. The zero-order valence-electron chi connectivity index (χ0n) is 20.8. The summed E-state index contributed by atoms with van der Waals surface area (Å²) < 4.78 is 5.02. The Morgan fingerprint density at radius 3 is 1.69 bits per heavy atom. The Morgan fingerprint density at radius 1 is 0.781 bits per heavy atom. The number of carboxylic acid groups (broad SMARTS) is 1. The van der Waals surface area contributed by atoms with Crippen molar-refractivity contribution >= 4 is 11.9 Å². The fourth-order valence-electron chi connectivity index (χ4n) is 4.01. The molecule has 0 aromatic rings. The molecule has 0 radical (unpaired) electrons. The first-order chi connectivity index (χ1) is 15.6. The Kier molecular flexibility index (Phi) is 22.9. The summed E-state index contributed by atoms with van der Waals surface area (Å²) in [6, 6.07) is 0. The van der Waals surface area contributed by atoms with Gasteiger partial charge in [-0.2, -0.15) is 0 Å². The molecule has 0 aliphatic heterocycles. The molecule has 1 unspecified atom stereocenters. The molecular weight excluding hydrogens is 400 g/mol. The normalized spacial score (nSPS) is 12.2. The largest absolute Gasteiger partial charge is 0.481 e. The Bertz CT molecular complexity index is 484. The van der Waals surface area contributed by atoms with Crippen molar-refractivity contribution in [3.63, 3.8) is 0 Å². The van der Waals surface area contributed by atoms with E-state index in [1.807, 2.05) is 0 Å². The van der Waals surface area contributed by atoms with Crippen LogP contribution in [0.5, 0.6) is 0 Å². The van der Waals surface area contributed by atoms with E-state index in [-0.39, 0.29) is 13.0 Å². The average Bonchev–Trinajstić information content (AvgIpc) is 2.77. The van der Waals surface area contributed by atoms with Crippen LogP contribution >= 0.6 is 0 Å². The standard InChI is InChI=1S/C28H50O4/c1-3-5-6-7-8-9-10-11-12-13-14-15-16-17-18-19-20-21-22-23-26(25-27(29)30)28(31)32-24-4-2/h4-6,26H,2-3,7-25H2,1H3,(H,29,30)/b6-5+. The fourth-order valence-corrected chi connectivity index (χ4v) is 4.01. The molecule has 0 saturated carbocycles. The third-order valence-electron chi connectivity index (χ3n) is 5.92. The van der Waals surface area contributed by atoms with Crippen LogP contribution in [0.25, 0.3) is 0 Å². The minimum Gasteiger partial charge on any atom is -0.481 e. The molecule has 0 bridgehead atoms. The molecule has 1 atom stereocenters. The SMILES string of the molecule is C=CCOC(=O)C(CCCCCCCCCCCCCCCCC/C=C/CC)CC(=O)O. The second-order valence-electron chi connectivity index (χ2n) is 8.97. The van der Waals surface area contributed by atoms with Crippen molar-refractivity contribution in [2.75, 3.05) is 6.61 Å². The van der Waals surface area contributed by atoms with Crippen molar-refractivity contribution in [1.82, 2.24) is 0 Å². The predicted octanol–water partition coefficient (Wildman–Crippen LogP) is 8.40. The van der Waals surface area contributed by atoms with Gasteiger partial charge in [-0.15, -0.1) is 0 Å². The molecule has 0 spiro atoms. The van der Waals surface area contributed by atoms with Crippen LogP contribution in [0.2, 0.25) is 0 Å². The van der Waals surface area contributed by atoms with Crippen LogP contribution in [0.1, 0.15) is 129 Å². The number of carbonyl (C=O) groups is 2. The molecule has 32 heavy (non-hydrogen) atoms. The second-order valence-corrected chi connectivity index (χ2v) is 8.97. The molecule has 4 heteroatoms. The number of carbonyl (C=O) groups excluding carboxylic acids is 1. The molecule has 4 nitrogen and oxygen atoms in total. The number of hydrogen-bond donors (Lipinski definition) is 1. The van der Waals surface area contributed by atoms with Crippen molar-refractivity contribution in [3.8, 4) is 0 Å². The van der Waals surface area contributed by atoms with Crippen LogP contribution in [-0.2, 0) is 14.3 Å². The molecule has 0 saturated heterocycles. The van der Waals surface area contributed by atoms with Crippen LogP contribution in [0.15, 0.2) is 24.8 Å². The van der Waals surface area contributed by atoms with Gasteiger partial charge >= 0.3 is 11.9 Å². The van der Waals surface area contributed by atoms with Crippen molar-refractivity contribution in [2.24, 2.45) is 5.92 Å². The maximum absolute atomic E-state index is 11.9. The molecule has 0 aliphatic carbocycles. The average molecular weight is 451 g/mol. The first kappa shape index (κ1) is 30.4. The zero-order valence-corrected chi connectivity index (χ0v) is 20.8. The summed E-state index contributed by atoms with van der Waals surface area (Å²) in [5.74, 6) is -1.89. The highest BCUT2D eigenvalue weighted by Crippen LogP contribution is 2.18. The molecule has 1 N–H and O–H groups in total. The van der Waals surface area contributed by atoms with Crippen LogP contribution in [-0.4, -0.2) is 23.7 Å². The predicted molar refractivity (Wildman–Crippen MR) is 135 cm³/mol. The molecule has 0 aliphatic rings. The van der Waals surface area contributed by atoms with Gasteiger partial charge in [0.1, 0.15) is 6.61 Å². The number of unbranched alkanes of at least 4 members (excludes halogenated alkanes) is 15. The Hall–Kier alpha value is -1.58. The third kappa shape index (κ3) is 21.6. The van der Waals surface area contributed by atoms with Gasteiger partial charge in [0.05, 0.1) is 12.3 Å². The van der Waals surface area contributed by atoms with E-state index in [4.69, 9.17) is 9.84 Å². The molecule has 0 aromatic carbocycles. The molecule has 186 valence electrons. The van der Waals surface area contributed by atoms with Gasteiger partial charge in [-0.05, 0) is 25.7 Å². The van der Waals surface area contributed by atoms with Gasteiger partial charge in [0.25, 0.3) is 0 Å². The lowest BCUT2D eigenvalue weighted by atomic mass is 9.97. The fraction of sp³-hybridized carbons (Fsp3) is 0.786. The number of allylic oxidation sites excluding steroid dienone is 2. The monoisotopic (exact) mass is 450 g/mol. The van der Waals surface area contributed by atoms with E-state index >= 15 is 0 Å². The number of ether oxygens (including phenoxy) is 1. The Morgan fingerprint density at radius 2 is 1.25 bits per heavy atom. The molecule has 0 amide bonds. The highest BCUT2D eigenvalue weighted by molar-refractivity contribution is 5.79. The van der Waals surface area contributed by atoms with Crippen molar-refractivity contribution in [2.45, 2.75) is 129 Å². The molecule has 0 rings (SSSR count). The minimum atomic E-state index is -0.944. The lowest BCUT2D eigenvalue weighted by Crippen LogP contribution is -2.21. The van der Waals surface area contributed by atoms with Gasteiger partial charge < -0.3 is 9.84 Å². The first-order valence-electron chi connectivity index (χ1n) is 13.3. The number of carboxylic acids is 1. The summed E-state index contributed by atoms with van der Waals surface area (Å²) in [6.45, 7) is 5.85. The third-order valence-corrected chi connectivity index (χ3v) is 5.92. The molecule has 0 heterocycles. The summed E-state index contributed by atoms with van der Waals surface area (Å²) in [6.07, 6.45) is 28.3. The van der Waals surface area contributed by atoms with Gasteiger partial charge in [0, 0.05) is 0 Å². The molecular formula is C28H50O4. The maximum Gasteiger partial charge on any atom is 0.309 e. The van der Waals surface area contributed by atoms with E-state index in [2.05, 4.69) is 25.7 Å².